The van der Waals surface area contributed by atoms with Crippen LogP contribution in [0, 0.1) is 0 Å². The van der Waals surface area contributed by atoms with Gasteiger partial charge >= 0.3 is 0 Å². The standard InChI is InChI=1S/C8H9ClN2OS/c1-13-6-2-3-7(10-5-6)11-8(12)4-9/h2-3,5H,4H2,1H3,(H,10,11,12). The van der Waals surface area contributed by atoms with Crippen LogP contribution in [0.3, 0.4) is 0 Å². The Hall–Kier alpha value is -0.740. The molecular formula is C8H9ClN2OS. The maximum Gasteiger partial charge on any atom is 0.240 e. The summed E-state index contributed by atoms with van der Waals surface area (Å²) in [5.74, 6) is 0.237. The fourth-order valence-corrected chi connectivity index (χ4v) is 1.18. The number of alkyl halides is 1. The van der Waals surface area contributed by atoms with E-state index in [2.05, 4.69) is 10.3 Å². The van der Waals surface area contributed by atoms with Gasteiger partial charge in [0.2, 0.25) is 5.91 Å². The SMILES string of the molecule is CSc1ccc(NC(=O)CCl)nc1. The lowest BCUT2D eigenvalue weighted by molar-refractivity contribution is -0.113. The van der Waals surface area contributed by atoms with E-state index in [1.54, 1.807) is 24.0 Å². The summed E-state index contributed by atoms with van der Waals surface area (Å²) in [6.45, 7) is 0. The van der Waals surface area contributed by atoms with Crippen molar-refractivity contribution in [3.05, 3.63) is 18.3 Å². The summed E-state index contributed by atoms with van der Waals surface area (Å²) < 4.78 is 0. The van der Waals surface area contributed by atoms with Gasteiger partial charge in [0.25, 0.3) is 0 Å². The van der Waals surface area contributed by atoms with Crippen LogP contribution in [0.4, 0.5) is 5.82 Å². The largest absolute Gasteiger partial charge is 0.310 e. The van der Waals surface area contributed by atoms with Crippen LogP contribution >= 0.6 is 23.4 Å². The Morgan fingerprint density at radius 3 is 2.92 bits per heavy atom. The van der Waals surface area contributed by atoms with E-state index >= 15 is 0 Å². The lowest BCUT2D eigenvalue weighted by atomic mass is 10.4. The van der Waals surface area contributed by atoms with Crippen molar-refractivity contribution in [2.75, 3.05) is 17.5 Å². The molecule has 0 spiro atoms. The predicted molar refractivity (Wildman–Crippen MR) is 55.4 cm³/mol. The topological polar surface area (TPSA) is 42.0 Å². The van der Waals surface area contributed by atoms with E-state index in [1.807, 2.05) is 12.3 Å². The Kier molecular flexibility index (Phi) is 4.05. The molecule has 1 heterocycles. The molecule has 5 heteroatoms. The van der Waals surface area contributed by atoms with Crippen LogP contribution in [0.15, 0.2) is 23.2 Å². The first kappa shape index (κ1) is 10.3. The van der Waals surface area contributed by atoms with Crippen molar-refractivity contribution in [2.45, 2.75) is 4.90 Å². The number of pyridine rings is 1. The first-order valence-electron chi connectivity index (χ1n) is 3.62. The van der Waals surface area contributed by atoms with E-state index in [9.17, 15) is 4.79 Å². The molecule has 0 bridgehead atoms. The van der Waals surface area contributed by atoms with Crippen LogP contribution in [0.1, 0.15) is 0 Å². The number of carbonyl (C=O) groups excluding carboxylic acids is 1. The van der Waals surface area contributed by atoms with Crippen molar-refractivity contribution < 1.29 is 4.79 Å². The number of aromatic nitrogens is 1. The molecule has 0 aliphatic rings. The Labute approximate surface area is 85.9 Å². The highest BCUT2D eigenvalue weighted by atomic mass is 35.5. The van der Waals surface area contributed by atoms with Gasteiger partial charge in [0.15, 0.2) is 0 Å². The van der Waals surface area contributed by atoms with Gasteiger partial charge in [0.1, 0.15) is 11.7 Å². The van der Waals surface area contributed by atoms with Crippen molar-refractivity contribution >= 4 is 35.1 Å². The number of hydrogen-bond donors (Lipinski definition) is 1. The van der Waals surface area contributed by atoms with Gasteiger partial charge in [0.05, 0.1) is 0 Å². The normalized spacial score (nSPS) is 9.69. The molecule has 3 nitrogen and oxygen atoms in total. The first-order chi connectivity index (χ1) is 6.26. The highest BCUT2D eigenvalue weighted by Gasteiger charge is 2.00. The molecule has 0 saturated carbocycles. The molecule has 13 heavy (non-hydrogen) atoms. The fraction of sp³-hybridized carbons (Fsp3) is 0.250. The summed E-state index contributed by atoms with van der Waals surface area (Å²) in [6, 6.07) is 3.64. The van der Waals surface area contributed by atoms with Crippen LogP contribution in [0.5, 0.6) is 0 Å². The van der Waals surface area contributed by atoms with E-state index < -0.39 is 0 Å². The zero-order valence-corrected chi connectivity index (χ0v) is 8.65. The average Bonchev–Trinajstić information content (AvgIpc) is 2.19. The minimum absolute atomic E-state index is 0.0496. The maximum atomic E-state index is 10.8. The predicted octanol–water partition coefficient (Wildman–Crippen LogP) is 1.98. The van der Waals surface area contributed by atoms with Crippen molar-refractivity contribution in [1.82, 2.24) is 4.98 Å². The first-order valence-corrected chi connectivity index (χ1v) is 5.38. The van der Waals surface area contributed by atoms with Crippen molar-refractivity contribution in [3.8, 4) is 0 Å². The lowest BCUT2D eigenvalue weighted by Gasteiger charge is -2.01. The quantitative estimate of drug-likeness (QED) is 0.621. The van der Waals surface area contributed by atoms with E-state index in [0.717, 1.165) is 4.90 Å². The number of nitrogens with zero attached hydrogens (tertiary/aromatic N) is 1. The minimum Gasteiger partial charge on any atom is -0.310 e. The maximum absolute atomic E-state index is 10.8. The molecule has 1 rings (SSSR count). The Bertz CT molecular complexity index is 289. The summed E-state index contributed by atoms with van der Waals surface area (Å²) in [5, 5.41) is 2.55. The van der Waals surface area contributed by atoms with Gasteiger partial charge in [-0.3, -0.25) is 4.79 Å². The number of thioether (sulfide) groups is 1. The number of amides is 1. The number of rotatable bonds is 3. The van der Waals surface area contributed by atoms with Crippen molar-refractivity contribution in [2.24, 2.45) is 0 Å². The zero-order chi connectivity index (χ0) is 9.68. The molecule has 0 radical (unpaired) electrons. The second-order valence-electron chi connectivity index (χ2n) is 2.27. The summed E-state index contributed by atoms with van der Waals surface area (Å²) in [5.41, 5.74) is 0. The Morgan fingerprint density at radius 1 is 1.69 bits per heavy atom. The average molecular weight is 217 g/mol. The summed E-state index contributed by atoms with van der Waals surface area (Å²) >= 11 is 6.92. The molecule has 0 saturated heterocycles. The highest BCUT2D eigenvalue weighted by molar-refractivity contribution is 7.98. The van der Waals surface area contributed by atoms with E-state index in [1.165, 1.54) is 0 Å². The van der Waals surface area contributed by atoms with Gasteiger partial charge in [-0.05, 0) is 18.4 Å². The lowest BCUT2D eigenvalue weighted by Crippen LogP contribution is -2.13. The van der Waals surface area contributed by atoms with Crippen LogP contribution in [0.25, 0.3) is 0 Å². The summed E-state index contributed by atoms with van der Waals surface area (Å²) in [4.78, 5) is 15.9. The zero-order valence-electron chi connectivity index (χ0n) is 7.08. The highest BCUT2D eigenvalue weighted by Crippen LogP contribution is 2.14. The molecular weight excluding hydrogens is 208 g/mol. The van der Waals surface area contributed by atoms with Gasteiger partial charge in [-0.2, -0.15) is 0 Å². The molecule has 0 atom stereocenters. The Balaban J connectivity index is 2.64. The molecule has 0 fully saturated rings. The minimum atomic E-state index is -0.244. The molecule has 0 aliphatic heterocycles. The number of halogens is 1. The second-order valence-corrected chi connectivity index (χ2v) is 3.41. The summed E-state index contributed by atoms with van der Waals surface area (Å²) in [6.07, 6.45) is 3.67. The van der Waals surface area contributed by atoms with Gasteiger partial charge in [0, 0.05) is 11.1 Å². The second kappa shape index (κ2) is 5.09. The third kappa shape index (κ3) is 3.24. The third-order valence-electron chi connectivity index (χ3n) is 1.36. The monoisotopic (exact) mass is 216 g/mol. The molecule has 0 unspecified atom stereocenters. The van der Waals surface area contributed by atoms with E-state index in [0.29, 0.717) is 5.82 Å². The third-order valence-corrected chi connectivity index (χ3v) is 2.32. The molecule has 1 aromatic rings. The van der Waals surface area contributed by atoms with Gasteiger partial charge in [-0.25, -0.2) is 4.98 Å². The number of anilines is 1. The van der Waals surface area contributed by atoms with Crippen molar-refractivity contribution in [3.63, 3.8) is 0 Å². The molecule has 1 aromatic heterocycles. The van der Waals surface area contributed by atoms with E-state index in [-0.39, 0.29) is 11.8 Å². The fourth-order valence-electron chi connectivity index (χ4n) is 0.751. The van der Waals surface area contributed by atoms with Crippen molar-refractivity contribution in [1.29, 1.82) is 0 Å². The molecule has 1 N–H and O–H groups in total. The number of carbonyl (C=O) groups is 1. The Morgan fingerprint density at radius 2 is 2.46 bits per heavy atom. The van der Waals surface area contributed by atoms with Gasteiger partial charge < -0.3 is 5.32 Å². The molecule has 1 amide bonds. The number of nitrogens with one attached hydrogen (secondary N) is 1. The number of hydrogen-bond acceptors (Lipinski definition) is 3. The molecule has 0 aromatic carbocycles. The van der Waals surface area contributed by atoms with E-state index in [4.69, 9.17) is 11.6 Å². The molecule has 0 aliphatic carbocycles. The molecule has 70 valence electrons. The van der Waals surface area contributed by atoms with Crippen LogP contribution in [-0.4, -0.2) is 23.0 Å². The van der Waals surface area contributed by atoms with Crippen LogP contribution in [-0.2, 0) is 4.79 Å². The summed E-state index contributed by atoms with van der Waals surface area (Å²) in [7, 11) is 0. The van der Waals surface area contributed by atoms with Gasteiger partial charge in [-0.1, -0.05) is 0 Å². The smallest absolute Gasteiger partial charge is 0.240 e. The van der Waals surface area contributed by atoms with Crippen LogP contribution in [0.2, 0.25) is 0 Å². The van der Waals surface area contributed by atoms with Gasteiger partial charge in [-0.15, -0.1) is 23.4 Å². The van der Waals surface area contributed by atoms with Crippen LogP contribution < -0.4 is 5.32 Å².